The van der Waals surface area contributed by atoms with Gasteiger partial charge in [-0.1, -0.05) is 43.7 Å². The van der Waals surface area contributed by atoms with Crippen molar-refractivity contribution in [3.8, 4) is 5.75 Å². The lowest BCUT2D eigenvalue weighted by molar-refractivity contribution is -0.135. The minimum Gasteiger partial charge on any atom is -0.491 e. The molecule has 0 spiro atoms. The highest BCUT2D eigenvalue weighted by molar-refractivity contribution is 7.89. The molecule has 2 heterocycles. The van der Waals surface area contributed by atoms with E-state index in [1.807, 2.05) is 45.2 Å². The molecule has 1 unspecified atom stereocenters. The van der Waals surface area contributed by atoms with Crippen molar-refractivity contribution in [3.05, 3.63) is 81.5 Å². The predicted molar refractivity (Wildman–Crippen MR) is 153 cm³/mol. The average molecular weight is 555 g/mol. The number of carbonyl (C=O) groups is 1. The first-order valence-corrected chi connectivity index (χ1v) is 15.4. The van der Waals surface area contributed by atoms with Gasteiger partial charge >= 0.3 is 0 Å². The lowest BCUT2D eigenvalue weighted by atomic mass is 10.00. The van der Waals surface area contributed by atoms with Crippen LogP contribution in [0.4, 0.5) is 0 Å². The van der Waals surface area contributed by atoms with E-state index in [-0.39, 0.29) is 23.4 Å². The normalized spacial score (nSPS) is 16.1. The van der Waals surface area contributed by atoms with E-state index in [1.54, 1.807) is 40.5 Å². The number of ether oxygens (including phenoxy) is 1. The molecule has 4 rings (SSSR count). The number of thiophene rings is 1. The number of amides is 1. The van der Waals surface area contributed by atoms with Crippen LogP contribution in [0.2, 0.25) is 0 Å². The first kappa shape index (κ1) is 28.3. The molecular weight excluding hydrogens is 516 g/mol. The van der Waals surface area contributed by atoms with Crippen LogP contribution in [0.15, 0.2) is 64.9 Å². The number of fused-ring (bicyclic) bond motifs is 1. The molecule has 38 heavy (non-hydrogen) atoms. The van der Waals surface area contributed by atoms with Crippen LogP contribution in [-0.4, -0.2) is 48.8 Å². The van der Waals surface area contributed by atoms with Gasteiger partial charge in [-0.05, 0) is 86.9 Å². The van der Waals surface area contributed by atoms with Gasteiger partial charge in [-0.2, -0.15) is 4.31 Å². The van der Waals surface area contributed by atoms with E-state index in [1.165, 1.54) is 14.7 Å². The zero-order chi connectivity index (χ0) is 27.7. The molecule has 0 fully saturated rings. The van der Waals surface area contributed by atoms with E-state index in [0.717, 1.165) is 23.3 Å². The van der Waals surface area contributed by atoms with Crippen LogP contribution in [-0.2, 0) is 21.2 Å². The number of sulfonamides is 1. The van der Waals surface area contributed by atoms with Crippen molar-refractivity contribution < 1.29 is 17.9 Å². The number of carbonyl (C=O) groups excluding carboxylic acids is 1. The zero-order valence-electron chi connectivity index (χ0n) is 23.1. The standard InChI is InChI=1S/C30H38N2O4S2/c1-21(2)23-9-11-24(12-10-23)36-20-27-26-16-18-37-28(26)15-17-31(27)29(33)19-32(30(4,5)6)38(34,35)25-13-7-22(3)8-14-25/h7-14,16,18,21,27H,15,17,19-20H2,1-6H3. The Hall–Kier alpha value is -2.68. The molecule has 6 nitrogen and oxygen atoms in total. The van der Waals surface area contributed by atoms with Crippen LogP contribution in [0.5, 0.6) is 5.75 Å². The highest BCUT2D eigenvalue weighted by Crippen LogP contribution is 2.35. The van der Waals surface area contributed by atoms with Crippen LogP contribution in [0.25, 0.3) is 0 Å². The molecule has 1 aliphatic heterocycles. The van der Waals surface area contributed by atoms with Gasteiger partial charge in [0.2, 0.25) is 15.9 Å². The van der Waals surface area contributed by atoms with Crippen LogP contribution in [0.3, 0.4) is 0 Å². The van der Waals surface area contributed by atoms with Gasteiger partial charge in [-0.15, -0.1) is 11.3 Å². The summed E-state index contributed by atoms with van der Waals surface area (Å²) in [5, 5.41) is 2.05. The van der Waals surface area contributed by atoms with E-state index >= 15 is 0 Å². The molecule has 3 aromatic rings. The molecule has 1 aromatic heterocycles. The highest BCUT2D eigenvalue weighted by atomic mass is 32.2. The minimum atomic E-state index is -3.89. The summed E-state index contributed by atoms with van der Waals surface area (Å²) in [7, 11) is -3.89. The number of rotatable bonds is 8. The first-order chi connectivity index (χ1) is 17.9. The van der Waals surface area contributed by atoms with Crippen molar-refractivity contribution in [2.75, 3.05) is 19.7 Å². The molecule has 0 bridgehead atoms. The summed E-state index contributed by atoms with van der Waals surface area (Å²) >= 11 is 1.69. The molecule has 0 saturated carbocycles. The monoisotopic (exact) mass is 554 g/mol. The van der Waals surface area contributed by atoms with Gasteiger partial charge in [0.15, 0.2) is 0 Å². The zero-order valence-corrected chi connectivity index (χ0v) is 24.7. The quantitative estimate of drug-likeness (QED) is 0.334. The molecule has 1 atom stereocenters. The Balaban J connectivity index is 1.58. The predicted octanol–water partition coefficient (Wildman–Crippen LogP) is 6.17. The summed E-state index contributed by atoms with van der Waals surface area (Å²) in [6.07, 6.45) is 0.749. The summed E-state index contributed by atoms with van der Waals surface area (Å²) in [4.78, 5) is 17.1. The topological polar surface area (TPSA) is 66.9 Å². The molecule has 1 aliphatic rings. The molecule has 0 aliphatic carbocycles. The Labute approximate surface area is 231 Å². The molecule has 204 valence electrons. The number of hydrogen-bond donors (Lipinski definition) is 0. The van der Waals surface area contributed by atoms with Crippen molar-refractivity contribution in [1.29, 1.82) is 0 Å². The van der Waals surface area contributed by atoms with E-state index in [0.29, 0.717) is 19.1 Å². The molecule has 2 aromatic carbocycles. The van der Waals surface area contributed by atoms with E-state index < -0.39 is 15.6 Å². The number of benzene rings is 2. The van der Waals surface area contributed by atoms with Gasteiger partial charge in [0.25, 0.3) is 0 Å². The SMILES string of the molecule is Cc1ccc(S(=O)(=O)N(CC(=O)N2CCc3sccc3C2COc2ccc(C(C)C)cc2)C(C)(C)C)cc1. The van der Waals surface area contributed by atoms with E-state index in [9.17, 15) is 13.2 Å². The molecular formula is C30H38N2O4S2. The Kier molecular flexibility index (Phi) is 8.35. The fourth-order valence-electron chi connectivity index (χ4n) is 4.73. The number of aryl methyl sites for hydroxylation is 1. The first-order valence-electron chi connectivity index (χ1n) is 13.1. The summed E-state index contributed by atoms with van der Waals surface area (Å²) in [6.45, 7) is 12.3. The van der Waals surface area contributed by atoms with Gasteiger partial charge < -0.3 is 9.64 Å². The third-order valence-corrected chi connectivity index (χ3v) is 10.1. The third-order valence-electron chi connectivity index (χ3n) is 7.01. The van der Waals surface area contributed by atoms with E-state index in [2.05, 4.69) is 32.0 Å². The summed E-state index contributed by atoms with van der Waals surface area (Å²) in [5.74, 6) is 0.962. The van der Waals surface area contributed by atoms with Gasteiger partial charge in [-0.3, -0.25) is 4.79 Å². The van der Waals surface area contributed by atoms with Crippen molar-refractivity contribution in [1.82, 2.24) is 9.21 Å². The van der Waals surface area contributed by atoms with Crippen molar-refractivity contribution in [2.24, 2.45) is 0 Å². The smallest absolute Gasteiger partial charge is 0.244 e. The lowest BCUT2D eigenvalue weighted by Crippen LogP contribution is -2.52. The van der Waals surface area contributed by atoms with Gasteiger partial charge in [0.05, 0.1) is 17.5 Å². The highest BCUT2D eigenvalue weighted by Gasteiger charge is 2.39. The maximum absolute atomic E-state index is 13.8. The second-order valence-corrected chi connectivity index (χ2v) is 14.0. The largest absolute Gasteiger partial charge is 0.491 e. The number of hydrogen-bond acceptors (Lipinski definition) is 5. The van der Waals surface area contributed by atoms with Gasteiger partial charge in [0.1, 0.15) is 12.4 Å². The van der Waals surface area contributed by atoms with Crippen LogP contribution in [0, 0.1) is 6.92 Å². The van der Waals surface area contributed by atoms with Crippen molar-refractivity contribution in [2.45, 2.75) is 70.4 Å². The van der Waals surface area contributed by atoms with Crippen LogP contribution < -0.4 is 4.74 Å². The van der Waals surface area contributed by atoms with Crippen LogP contribution >= 0.6 is 11.3 Å². The molecule has 8 heteroatoms. The second kappa shape index (κ2) is 11.2. The Morgan fingerprint density at radius 3 is 2.34 bits per heavy atom. The molecule has 0 saturated heterocycles. The third kappa shape index (κ3) is 6.14. The summed E-state index contributed by atoms with van der Waals surface area (Å²) in [6, 6.07) is 16.6. The Morgan fingerprint density at radius 1 is 1.08 bits per heavy atom. The summed E-state index contributed by atoms with van der Waals surface area (Å²) in [5.41, 5.74) is 2.51. The Morgan fingerprint density at radius 2 is 1.74 bits per heavy atom. The molecule has 0 radical (unpaired) electrons. The lowest BCUT2D eigenvalue weighted by Gasteiger charge is -2.39. The van der Waals surface area contributed by atoms with Crippen molar-refractivity contribution in [3.63, 3.8) is 0 Å². The van der Waals surface area contributed by atoms with Gasteiger partial charge in [-0.25, -0.2) is 8.42 Å². The fraction of sp³-hybridized carbons (Fsp3) is 0.433. The van der Waals surface area contributed by atoms with Crippen molar-refractivity contribution >= 4 is 27.3 Å². The van der Waals surface area contributed by atoms with E-state index in [4.69, 9.17) is 4.74 Å². The second-order valence-electron chi connectivity index (χ2n) is 11.2. The fourth-order valence-corrected chi connectivity index (χ4v) is 7.40. The van der Waals surface area contributed by atoms with Gasteiger partial charge in [0, 0.05) is 17.0 Å². The number of nitrogens with zero attached hydrogens (tertiary/aromatic N) is 2. The summed E-state index contributed by atoms with van der Waals surface area (Å²) < 4.78 is 34.8. The maximum atomic E-state index is 13.8. The van der Waals surface area contributed by atoms with Crippen LogP contribution in [0.1, 0.15) is 68.1 Å². The minimum absolute atomic E-state index is 0.189. The molecule has 1 amide bonds. The molecule has 0 N–H and O–H groups in total. The maximum Gasteiger partial charge on any atom is 0.244 e. The average Bonchev–Trinajstić information content (AvgIpc) is 3.34. The Bertz CT molecular complexity index is 1350.